The molecule has 32 heavy (non-hydrogen) atoms. The van der Waals surface area contributed by atoms with Crippen molar-refractivity contribution in [1.82, 2.24) is 0 Å². The van der Waals surface area contributed by atoms with Crippen LogP contribution >= 0.6 is 0 Å². The van der Waals surface area contributed by atoms with Crippen molar-refractivity contribution in [2.45, 2.75) is 39.7 Å². The summed E-state index contributed by atoms with van der Waals surface area (Å²) < 4.78 is 5.91. The summed E-state index contributed by atoms with van der Waals surface area (Å²) in [6.45, 7) is 9.01. The molecule has 0 spiro atoms. The van der Waals surface area contributed by atoms with Crippen LogP contribution in [0.15, 0.2) is 57.3 Å². The summed E-state index contributed by atoms with van der Waals surface area (Å²) in [7, 11) is 0. The topological polar surface area (TPSA) is 131 Å². The number of hydrogen-bond donors (Lipinski definition) is 5. The minimum Gasteiger partial charge on any atom is -0.508 e. The normalized spacial score (nSPS) is 12.0. The second-order valence-electron chi connectivity index (χ2n) is 8.09. The smallest absolute Gasteiger partial charge is 0.200 e. The molecular formula is C25H26O7. The van der Waals surface area contributed by atoms with Gasteiger partial charge in [-0.25, -0.2) is 0 Å². The van der Waals surface area contributed by atoms with Crippen LogP contribution in [0, 0.1) is 0 Å². The van der Waals surface area contributed by atoms with Gasteiger partial charge in [-0.1, -0.05) is 23.8 Å². The molecule has 0 radical (unpaired) electrons. The van der Waals surface area contributed by atoms with Gasteiger partial charge in [0.05, 0.1) is 11.7 Å². The molecule has 7 heteroatoms. The van der Waals surface area contributed by atoms with Crippen LogP contribution in [-0.2, 0) is 12.8 Å². The van der Waals surface area contributed by atoms with Gasteiger partial charge >= 0.3 is 0 Å². The highest BCUT2D eigenvalue weighted by atomic mass is 16.3. The highest BCUT2D eigenvalue weighted by Gasteiger charge is 2.24. The molecule has 5 N–H and O–H groups in total. The molecule has 1 atom stereocenters. The summed E-state index contributed by atoms with van der Waals surface area (Å²) in [6.07, 6.45) is 0.823. The summed E-state index contributed by atoms with van der Waals surface area (Å²) in [5.74, 6) is -1.21. The summed E-state index contributed by atoms with van der Waals surface area (Å²) >= 11 is 0. The first-order valence-electron chi connectivity index (χ1n) is 10.0. The predicted molar refractivity (Wildman–Crippen MR) is 122 cm³/mol. The Hall–Kier alpha value is -3.71. The summed E-state index contributed by atoms with van der Waals surface area (Å²) in [4.78, 5) is 13.5. The molecule has 0 aliphatic rings. The van der Waals surface area contributed by atoms with E-state index in [1.54, 1.807) is 6.92 Å². The van der Waals surface area contributed by atoms with E-state index >= 15 is 0 Å². The monoisotopic (exact) mass is 438 g/mol. The van der Waals surface area contributed by atoms with E-state index in [1.165, 1.54) is 18.2 Å². The van der Waals surface area contributed by atoms with Crippen LogP contribution < -0.4 is 5.43 Å². The van der Waals surface area contributed by atoms with Crippen molar-refractivity contribution in [3.05, 3.63) is 69.4 Å². The van der Waals surface area contributed by atoms with Crippen molar-refractivity contribution in [3.8, 4) is 34.3 Å². The fourth-order valence-corrected chi connectivity index (χ4v) is 3.39. The lowest BCUT2D eigenvalue weighted by Crippen LogP contribution is -2.14. The Morgan fingerprint density at radius 3 is 2.34 bits per heavy atom. The number of allylic oxidation sites excluding steroid dienone is 2. The van der Waals surface area contributed by atoms with Crippen molar-refractivity contribution >= 4 is 11.0 Å². The summed E-state index contributed by atoms with van der Waals surface area (Å²) in [5, 5.41) is 51.3. The predicted octanol–water partition coefficient (Wildman–Crippen LogP) is 4.27. The average molecular weight is 438 g/mol. The third kappa shape index (κ3) is 4.33. The lowest BCUT2D eigenvalue weighted by atomic mass is 9.96. The zero-order chi connectivity index (χ0) is 23.7. The fourth-order valence-electron chi connectivity index (χ4n) is 3.39. The van der Waals surface area contributed by atoms with E-state index in [0.717, 1.165) is 11.6 Å². The quantitative estimate of drug-likeness (QED) is 0.363. The van der Waals surface area contributed by atoms with Gasteiger partial charge in [0.2, 0.25) is 5.43 Å². The van der Waals surface area contributed by atoms with Gasteiger partial charge in [0.15, 0.2) is 0 Å². The number of benzene rings is 2. The molecule has 0 saturated heterocycles. The summed E-state index contributed by atoms with van der Waals surface area (Å²) in [5.41, 5.74) is 1.15. The SMILES string of the molecule is C=C(C)C(O)Cc1c(O)cc2oc(-c3ccc(O)cc3O)c(CC=C(C)C)c(=O)c2c1O. The zero-order valence-electron chi connectivity index (χ0n) is 18.1. The maximum absolute atomic E-state index is 13.5. The standard InChI is InChI=1S/C25H26O7/c1-12(2)5-7-16-23(30)22-21(32-25(16)15-8-6-14(26)9-19(15)28)11-20(29)17(24(22)31)10-18(27)13(3)4/h5-6,8-9,11,18,26-29,31H,3,7,10H2,1-2,4H3. The Kier molecular flexibility index (Phi) is 6.32. The van der Waals surface area contributed by atoms with Gasteiger partial charge in [-0.2, -0.15) is 0 Å². The molecular weight excluding hydrogens is 412 g/mol. The van der Waals surface area contributed by atoms with Gasteiger partial charge in [0.1, 0.15) is 39.7 Å². The van der Waals surface area contributed by atoms with Gasteiger partial charge in [-0.05, 0) is 39.3 Å². The lowest BCUT2D eigenvalue weighted by Gasteiger charge is -2.16. The molecule has 3 rings (SSSR count). The number of rotatable bonds is 6. The van der Waals surface area contributed by atoms with Crippen LogP contribution in [-0.4, -0.2) is 31.6 Å². The zero-order valence-corrected chi connectivity index (χ0v) is 18.1. The molecule has 7 nitrogen and oxygen atoms in total. The Balaban J connectivity index is 2.36. The Morgan fingerprint density at radius 1 is 1.06 bits per heavy atom. The highest BCUT2D eigenvalue weighted by Crippen LogP contribution is 2.40. The largest absolute Gasteiger partial charge is 0.508 e. The number of aliphatic hydroxyl groups is 1. The molecule has 0 bridgehead atoms. The van der Waals surface area contributed by atoms with Crippen LogP contribution in [0.4, 0.5) is 0 Å². The number of aliphatic hydroxyl groups excluding tert-OH is 1. The van der Waals surface area contributed by atoms with Crippen molar-refractivity contribution < 1.29 is 29.9 Å². The van der Waals surface area contributed by atoms with Crippen molar-refractivity contribution in [3.63, 3.8) is 0 Å². The van der Waals surface area contributed by atoms with Crippen molar-refractivity contribution in [2.24, 2.45) is 0 Å². The second kappa shape index (κ2) is 8.80. The molecule has 2 aromatic carbocycles. The third-order valence-corrected chi connectivity index (χ3v) is 5.24. The molecule has 0 aliphatic heterocycles. The van der Waals surface area contributed by atoms with Gasteiger partial charge in [-0.15, -0.1) is 0 Å². The highest BCUT2D eigenvalue weighted by molar-refractivity contribution is 5.89. The van der Waals surface area contributed by atoms with Crippen LogP contribution in [0.3, 0.4) is 0 Å². The van der Waals surface area contributed by atoms with Gasteiger partial charge in [-0.3, -0.25) is 4.79 Å². The number of hydrogen-bond acceptors (Lipinski definition) is 7. The van der Waals surface area contributed by atoms with E-state index in [9.17, 15) is 30.3 Å². The lowest BCUT2D eigenvalue weighted by molar-refractivity contribution is 0.209. The summed E-state index contributed by atoms with van der Waals surface area (Å²) in [6, 6.07) is 5.09. The molecule has 3 aromatic rings. The molecule has 168 valence electrons. The van der Waals surface area contributed by atoms with Crippen LogP contribution in [0.25, 0.3) is 22.3 Å². The molecule has 1 aromatic heterocycles. The number of fused-ring (bicyclic) bond motifs is 1. The molecule has 0 aliphatic carbocycles. The van der Waals surface area contributed by atoms with E-state index < -0.39 is 17.3 Å². The minimum absolute atomic E-state index is 0.00805. The van der Waals surface area contributed by atoms with E-state index in [-0.39, 0.29) is 63.5 Å². The fraction of sp³-hybridized carbons (Fsp3) is 0.240. The van der Waals surface area contributed by atoms with Crippen LogP contribution in [0.2, 0.25) is 0 Å². The Bertz CT molecular complexity index is 1290. The van der Waals surface area contributed by atoms with Gasteiger partial charge in [0, 0.05) is 29.7 Å². The Morgan fingerprint density at radius 2 is 1.75 bits per heavy atom. The van der Waals surface area contributed by atoms with Crippen molar-refractivity contribution in [2.75, 3.05) is 0 Å². The first-order chi connectivity index (χ1) is 15.0. The van der Waals surface area contributed by atoms with E-state index in [1.807, 2.05) is 19.9 Å². The molecule has 0 amide bonds. The van der Waals surface area contributed by atoms with Gasteiger partial charge < -0.3 is 29.9 Å². The maximum Gasteiger partial charge on any atom is 0.200 e. The second-order valence-corrected chi connectivity index (χ2v) is 8.09. The first kappa shape index (κ1) is 23.0. The minimum atomic E-state index is -1.02. The first-order valence-corrected chi connectivity index (χ1v) is 10.0. The molecule has 0 fully saturated rings. The number of phenolic OH excluding ortho intramolecular Hbond substituents is 4. The molecule has 0 saturated carbocycles. The van der Waals surface area contributed by atoms with E-state index in [0.29, 0.717) is 5.57 Å². The maximum atomic E-state index is 13.5. The van der Waals surface area contributed by atoms with Crippen LogP contribution in [0.1, 0.15) is 31.9 Å². The third-order valence-electron chi connectivity index (χ3n) is 5.24. The van der Waals surface area contributed by atoms with Crippen LogP contribution in [0.5, 0.6) is 23.0 Å². The van der Waals surface area contributed by atoms with Gasteiger partial charge in [0.25, 0.3) is 0 Å². The average Bonchev–Trinajstić information content (AvgIpc) is 2.69. The van der Waals surface area contributed by atoms with Crippen molar-refractivity contribution in [1.29, 1.82) is 0 Å². The number of aromatic hydroxyl groups is 4. The number of phenols is 4. The molecule has 1 heterocycles. The van der Waals surface area contributed by atoms with E-state index in [4.69, 9.17) is 4.42 Å². The molecule has 1 unspecified atom stereocenters. The Labute approximate surface area is 184 Å². The van der Waals surface area contributed by atoms with E-state index in [2.05, 4.69) is 6.58 Å².